The second-order valence-electron chi connectivity index (χ2n) is 5.28. The zero-order valence-corrected chi connectivity index (χ0v) is 12.5. The maximum absolute atomic E-state index is 12.4. The lowest BCUT2D eigenvalue weighted by Gasteiger charge is -2.11. The second-order valence-corrected chi connectivity index (χ2v) is 5.28. The average Bonchev–Trinajstić information content (AvgIpc) is 2.96. The minimum absolute atomic E-state index is 0.0898. The van der Waals surface area contributed by atoms with E-state index in [-0.39, 0.29) is 5.91 Å². The summed E-state index contributed by atoms with van der Waals surface area (Å²) in [4.78, 5) is 12.4. The predicted octanol–water partition coefficient (Wildman–Crippen LogP) is 3.87. The highest BCUT2D eigenvalue weighted by atomic mass is 16.1. The van der Waals surface area contributed by atoms with Crippen molar-refractivity contribution < 1.29 is 4.79 Å². The van der Waals surface area contributed by atoms with Crippen molar-refractivity contribution in [3.63, 3.8) is 0 Å². The van der Waals surface area contributed by atoms with Crippen LogP contribution in [0.15, 0.2) is 72.9 Å². The Kier molecular flexibility index (Phi) is 4.05. The van der Waals surface area contributed by atoms with Crippen molar-refractivity contribution in [3.05, 3.63) is 89.7 Å². The fraction of sp³-hybridized carbons (Fsp3) is 0.105. The summed E-state index contributed by atoms with van der Waals surface area (Å²) in [5.41, 5.74) is 3.84. The number of amides is 1. The Morgan fingerprint density at radius 3 is 2.41 bits per heavy atom. The van der Waals surface area contributed by atoms with E-state index in [0.717, 1.165) is 17.7 Å². The molecule has 0 saturated heterocycles. The first-order valence-corrected chi connectivity index (χ1v) is 7.28. The van der Waals surface area contributed by atoms with Gasteiger partial charge in [0.2, 0.25) is 0 Å². The molecular weight excluding hydrogens is 272 g/mol. The molecule has 0 aliphatic carbocycles. The van der Waals surface area contributed by atoms with Crippen molar-refractivity contribution in [1.82, 2.24) is 4.57 Å². The first kappa shape index (κ1) is 14.1. The van der Waals surface area contributed by atoms with Gasteiger partial charge in [0.15, 0.2) is 0 Å². The van der Waals surface area contributed by atoms with Gasteiger partial charge in [-0.05, 0) is 35.7 Å². The number of carbonyl (C=O) groups is 1. The molecule has 0 spiro atoms. The summed E-state index contributed by atoms with van der Waals surface area (Å²) in [6.45, 7) is 0. The highest BCUT2D eigenvalue weighted by Gasteiger charge is 2.11. The zero-order chi connectivity index (χ0) is 15.4. The molecular formula is C19H18N2O. The van der Waals surface area contributed by atoms with E-state index in [1.165, 1.54) is 5.56 Å². The summed E-state index contributed by atoms with van der Waals surface area (Å²) in [5.74, 6) is -0.0898. The molecule has 1 aromatic heterocycles. The van der Waals surface area contributed by atoms with Gasteiger partial charge in [0, 0.05) is 18.9 Å². The van der Waals surface area contributed by atoms with Crippen LogP contribution in [-0.4, -0.2) is 10.5 Å². The van der Waals surface area contributed by atoms with Crippen LogP contribution >= 0.6 is 0 Å². The minimum Gasteiger partial charge on any atom is -0.347 e. The molecule has 1 heterocycles. The maximum Gasteiger partial charge on any atom is 0.272 e. The Labute approximate surface area is 130 Å². The molecule has 3 aromatic rings. The molecule has 1 amide bonds. The topological polar surface area (TPSA) is 34.0 Å². The molecule has 0 atom stereocenters. The largest absolute Gasteiger partial charge is 0.347 e. The summed E-state index contributed by atoms with van der Waals surface area (Å²) in [6, 6.07) is 21.9. The summed E-state index contributed by atoms with van der Waals surface area (Å²) in [7, 11) is 1.87. The van der Waals surface area contributed by atoms with Crippen molar-refractivity contribution in [2.45, 2.75) is 6.42 Å². The maximum atomic E-state index is 12.4. The van der Waals surface area contributed by atoms with Crippen molar-refractivity contribution >= 4 is 11.6 Å². The number of carbonyl (C=O) groups excluding carboxylic acids is 1. The lowest BCUT2D eigenvalue weighted by Crippen LogP contribution is -2.16. The molecule has 0 unspecified atom stereocenters. The lowest BCUT2D eigenvalue weighted by atomic mass is 10.0. The van der Waals surface area contributed by atoms with Crippen molar-refractivity contribution in [2.24, 2.45) is 7.05 Å². The van der Waals surface area contributed by atoms with Gasteiger partial charge >= 0.3 is 0 Å². The molecule has 2 aromatic carbocycles. The minimum atomic E-state index is -0.0898. The van der Waals surface area contributed by atoms with E-state index in [0.29, 0.717) is 5.69 Å². The van der Waals surface area contributed by atoms with Crippen molar-refractivity contribution in [3.8, 4) is 0 Å². The molecule has 0 saturated carbocycles. The van der Waals surface area contributed by atoms with Gasteiger partial charge < -0.3 is 9.88 Å². The molecule has 0 aliphatic rings. The smallest absolute Gasteiger partial charge is 0.272 e. The highest BCUT2D eigenvalue weighted by molar-refractivity contribution is 6.03. The van der Waals surface area contributed by atoms with Crippen LogP contribution in [0.25, 0.3) is 0 Å². The van der Waals surface area contributed by atoms with E-state index in [2.05, 4.69) is 17.4 Å². The van der Waals surface area contributed by atoms with Crippen molar-refractivity contribution in [2.75, 3.05) is 5.32 Å². The Morgan fingerprint density at radius 1 is 0.955 bits per heavy atom. The summed E-state index contributed by atoms with van der Waals surface area (Å²) >= 11 is 0. The fourth-order valence-corrected chi connectivity index (χ4v) is 2.50. The number of para-hydroxylation sites is 1. The third kappa shape index (κ3) is 3.09. The number of aromatic nitrogens is 1. The second kappa shape index (κ2) is 6.31. The summed E-state index contributed by atoms with van der Waals surface area (Å²) in [5, 5.41) is 3.01. The van der Waals surface area contributed by atoms with Crippen LogP contribution < -0.4 is 5.32 Å². The van der Waals surface area contributed by atoms with Crippen molar-refractivity contribution in [1.29, 1.82) is 0 Å². The SMILES string of the molecule is Cn1cccc1C(=O)Nc1ccccc1Cc1ccccc1. The number of rotatable bonds is 4. The molecule has 0 bridgehead atoms. The number of nitrogens with zero attached hydrogens (tertiary/aromatic N) is 1. The number of anilines is 1. The van der Waals surface area contributed by atoms with E-state index in [1.54, 1.807) is 0 Å². The van der Waals surface area contributed by atoms with E-state index < -0.39 is 0 Å². The Balaban J connectivity index is 1.83. The van der Waals surface area contributed by atoms with E-state index in [1.807, 2.05) is 72.4 Å². The van der Waals surface area contributed by atoms with Gasteiger partial charge in [-0.25, -0.2) is 0 Å². The quantitative estimate of drug-likeness (QED) is 0.777. The van der Waals surface area contributed by atoms with E-state index in [9.17, 15) is 4.79 Å². The number of benzene rings is 2. The van der Waals surface area contributed by atoms with Gasteiger partial charge in [-0.1, -0.05) is 48.5 Å². The molecule has 3 rings (SSSR count). The van der Waals surface area contributed by atoms with Crippen LogP contribution in [0.5, 0.6) is 0 Å². The molecule has 110 valence electrons. The number of hydrogen-bond acceptors (Lipinski definition) is 1. The zero-order valence-electron chi connectivity index (χ0n) is 12.5. The van der Waals surface area contributed by atoms with Crippen LogP contribution in [0.1, 0.15) is 21.6 Å². The number of nitrogens with one attached hydrogen (secondary N) is 1. The van der Waals surface area contributed by atoms with Crippen LogP contribution in [0.2, 0.25) is 0 Å². The Bertz CT molecular complexity index is 775. The molecule has 3 nitrogen and oxygen atoms in total. The van der Waals surface area contributed by atoms with Gasteiger partial charge in [0.25, 0.3) is 5.91 Å². The van der Waals surface area contributed by atoms with E-state index >= 15 is 0 Å². The third-order valence-electron chi connectivity index (χ3n) is 3.68. The number of aryl methyl sites for hydroxylation is 1. The van der Waals surface area contributed by atoms with Crippen LogP contribution in [0.4, 0.5) is 5.69 Å². The Hall–Kier alpha value is -2.81. The van der Waals surface area contributed by atoms with Crippen LogP contribution in [-0.2, 0) is 13.5 Å². The average molecular weight is 290 g/mol. The lowest BCUT2D eigenvalue weighted by molar-refractivity contribution is 0.101. The summed E-state index contributed by atoms with van der Waals surface area (Å²) < 4.78 is 1.81. The number of hydrogen-bond donors (Lipinski definition) is 1. The van der Waals surface area contributed by atoms with Gasteiger partial charge in [0.1, 0.15) is 5.69 Å². The molecule has 3 heteroatoms. The third-order valence-corrected chi connectivity index (χ3v) is 3.68. The first-order chi connectivity index (χ1) is 10.7. The van der Waals surface area contributed by atoms with Gasteiger partial charge in [-0.2, -0.15) is 0 Å². The van der Waals surface area contributed by atoms with Crippen LogP contribution in [0.3, 0.4) is 0 Å². The molecule has 22 heavy (non-hydrogen) atoms. The first-order valence-electron chi connectivity index (χ1n) is 7.28. The standard InChI is InChI=1S/C19H18N2O/c1-21-13-7-12-18(21)19(22)20-17-11-6-5-10-16(17)14-15-8-3-2-4-9-15/h2-13H,14H2,1H3,(H,20,22). The summed E-state index contributed by atoms with van der Waals surface area (Å²) in [6.07, 6.45) is 2.66. The predicted molar refractivity (Wildman–Crippen MR) is 89.1 cm³/mol. The molecule has 0 fully saturated rings. The Morgan fingerprint density at radius 2 is 1.68 bits per heavy atom. The van der Waals surface area contributed by atoms with Gasteiger partial charge in [0.05, 0.1) is 0 Å². The molecule has 1 N–H and O–H groups in total. The molecule has 0 radical (unpaired) electrons. The van der Waals surface area contributed by atoms with Gasteiger partial charge in [-0.3, -0.25) is 4.79 Å². The normalized spacial score (nSPS) is 10.4. The fourth-order valence-electron chi connectivity index (χ4n) is 2.50. The van der Waals surface area contributed by atoms with Gasteiger partial charge in [-0.15, -0.1) is 0 Å². The monoisotopic (exact) mass is 290 g/mol. The van der Waals surface area contributed by atoms with E-state index in [4.69, 9.17) is 0 Å². The highest BCUT2D eigenvalue weighted by Crippen LogP contribution is 2.20. The molecule has 0 aliphatic heterocycles. The van der Waals surface area contributed by atoms with Crippen LogP contribution in [0, 0.1) is 0 Å².